The van der Waals surface area contributed by atoms with E-state index in [-0.39, 0.29) is 11.7 Å². The number of carbonyl (C=O) groups excluding carboxylic acids is 3. The molecule has 27 heavy (non-hydrogen) atoms. The zero-order valence-electron chi connectivity index (χ0n) is 15.2. The quantitative estimate of drug-likeness (QED) is 0.705. The highest BCUT2D eigenvalue weighted by Gasteiger charge is 2.29. The van der Waals surface area contributed by atoms with Gasteiger partial charge in [0.15, 0.2) is 11.9 Å². The molecule has 144 valence electrons. The molecular formula is C19H21ClN2O5. The molecular weight excluding hydrogens is 372 g/mol. The fourth-order valence-electron chi connectivity index (χ4n) is 2.20. The summed E-state index contributed by atoms with van der Waals surface area (Å²) in [5.41, 5.74) is 0.527. The number of carbonyl (C=O) groups is 3. The third kappa shape index (κ3) is 5.86. The minimum atomic E-state index is -1.05. The summed E-state index contributed by atoms with van der Waals surface area (Å²) in [5, 5.41) is 5.73. The Labute approximate surface area is 162 Å². The lowest BCUT2D eigenvalue weighted by Gasteiger charge is -2.22. The van der Waals surface area contributed by atoms with E-state index in [9.17, 15) is 14.4 Å². The summed E-state index contributed by atoms with van der Waals surface area (Å²) in [6, 6.07) is 8.67. The predicted octanol–water partition coefficient (Wildman–Crippen LogP) is 3.26. The smallest absolute Gasteiger partial charge is 0.329 e. The molecule has 0 aliphatic carbocycles. The minimum Gasteiger partial charge on any atom is -0.459 e. The van der Waals surface area contributed by atoms with Crippen LogP contribution in [0.2, 0.25) is 5.02 Å². The number of furan rings is 1. The van der Waals surface area contributed by atoms with Crippen molar-refractivity contribution in [2.75, 3.05) is 5.32 Å². The van der Waals surface area contributed by atoms with Crippen LogP contribution in [0.15, 0.2) is 47.1 Å². The van der Waals surface area contributed by atoms with E-state index in [4.69, 9.17) is 20.8 Å². The maximum absolute atomic E-state index is 12.4. The van der Waals surface area contributed by atoms with Gasteiger partial charge < -0.3 is 19.8 Å². The summed E-state index contributed by atoms with van der Waals surface area (Å²) < 4.78 is 10.2. The molecule has 1 aromatic carbocycles. The highest BCUT2D eigenvalue weighted by atomic mass is 35.5. The highest BCUT2D eigenvalue weighted by Crippen LogP contribution is 2.14. The van der Waals surface area contributed by atoms with Crippen LogP contribution in [0.5, 0.6) is 0 Å². The molecule has 2 rings (SSSR count). The fourth-order valence-corrected chi connectivity index (χ4v) is 2.32. The Morgan fingerprint density at radius 1 is 1.07 bits per heavy atom. The van der Waals surface area contributed by atoms with E-state index in [0.29, 0.717) is 10.7 Å². The number of benzene rings is 1. The van der Waals surface area contributed by atoms with Gasteiger partial charge in [-0.1, -0.05) is 25.4 Å². The van der Waals surface area contributed by atoms with Gasteiger partial charge in [-0.25, -0.2) is 4.79 Å². The van der Waals surface area contributed by atoms with Crippen LogP contribution in [0.3, 0.4) is 0 Å². The number of nitrogens with one attached hydrogen (secondary N) is 2. The van der Waals surface area contributed by atoms with Crippen molar-refractivity contribution < 1.29 is 23.5 Å². The summed E-state index contributed by atoms with van der Waals surface area (Å²) >= 11 is 5.80. The lowest BCUT2D eigenvalue weighted by Crippen LogP contribution is -2.47. The van der Waals surface area contributed by atoms with E-state index in [1.165, 1.54) is 19.3 Å². The Morgan fingerprint density at radius 3 is 2.30 bits per heavy atom. The molecule has 2 N–H and O–H groups in total. The number of halogens is 1. The molecule has 8 heteroatoms. The van der Waals surface area contributed by atoms with Crippen LogP contribution < -0.4 is 10.6 Å². The van der Waals surface area contributed by atoms with Crippen molar-refractivity contribution in [3.05, 3.63) is 53.4 Å². The Kier molecular flexibility index (Phi) is 7.01. The molecule has 0 radical (unpaired) electrons. The first kappa shape index (κ1) is 20.5. The highest BCUT2D eigenvalue weighted by molar-refractivity contribution is 6.30. The normalized spacial score (nSPS) is 12.9. The first-order chi connectivity index (χ1) is 12.8. The molecule has 1 aromatic heterocycles. The number of hydrogen-bond donors (Lipinski definition) is 2. The molecule has 7 nitrogen and oxygen atoms in total. The lowest BCUT2D eigenvalue weighted by atomic mass is 10.0. The zero-order chi connectivity index (χ0) is 20.0. The third-order valence-corrected chi connectivity index (χ3v) is 3.98. The molecule has 0 fully saturated rings. The van der Waals surface area contributed by atoms with Crippen molar-refractivity contribution in [2.24, 2.45) is 5.92 Å². The van der Waals surface area contributed by atoms with Gasteiger partial charge in [0.05, 0.1) is 6.26 Å². The SMILES string of the molecule is CC(C)[C@H](NC(=O)c1ccco1)C(=O)O[C@@H](C)C(=O)Nc1ccc(Cl)cc1. The van der Waals surface area contributed by atoms with Crippen molar-refractivity contribution in [3.8, 4) is 0 Å². The van der Waals surface area contributed by atoms with Gasteiger partial charge in [-0.2, -0.15) is 0 Å². The van der Waals surface area contributed by atoms with Gasteiger partial charge in [0.25, 0.3) is 11.8 Å². The van der Waals surface area contributed by atoms with Gasteiger partial charge in [-0.3, -0.25) is 9.59 Å². The Hall–Kier alpha value is -2.80. The molecule has 0 bridgehead atoms. The van der Waals surface area contributed by atoms with Gasteiger partial charge in [-0.15, -0.1) is 0 Å². The Balaban J connectivity index is 1.95. The van der Waals surface area contributed by atoms with E-state index in [1.54, 1.807) is 44.2 Å². The van der Waals surface area contributed by atoms with Crippen LogP contribution in [0, 0.1) is 5.92 Å². The molecule has 0 aliphatic heterocycles. The van der Waals surface area contributed by atoms with Crippen molar-refractivity contribution in [1.29, 1.82) is 0 Å². The number of ether oxygens (including phenoxy) is 1. The number of anilines is 1. The minimum absolute atomic E-state index is 0.0852. The van der Waals surface area contributed by atoms with Gasteiger partial charge in [0.2, 0.25) is 0 Å². The summed E-state index contributed by atoms with van der Waals surface area (Å²) in [7, 11) is 0. The maximum Gasteiger partial charge on any atom is 0.329 e. The average Bonchev–Trinajstić information content (AvgIpc) is 3.15. The second-order valence-corrected chi connectivity index (χ2v) is 6.68. The molecule has 2 atom stereocenters. The van der Waals surface area contributed by atoms with Crippen molar-refractivity contribution in [3.63, 3.8) is 0 Å². The summed E-state index contributed by atoms with van der Waals surface area (Å²) in [6.07, 6.45) is 0.316. The largest absolute Gasteiger partial charge is 0.459 e. The molecule has 0 aliphatic rings. The molecule has 2 amide bonds. The molecule has 0 saturated carbocycles. The standard InChI is InChI=1S/C19H21ClN2O5/c1-11(2)16(22-18(24)15-5-4-10-26-15)19(25)27-12(3)17(23)21-14-8-6-13(20)7-9-14/h4-12,16H,1-3H3,(H,21,23)(H,22,24)/t12-,16-/m0/s1. The number of esters is 1. The first-order valence-electron chi connectivity index (χ1n) is 8.39. The third-order valence-electron chi connectivity index (χ3n) is 3.73. The van der Waals surface area contributed by atoms with Crippen LogP contribution >= 0.6 is 11.6 Å². The van der Waals surface area contributed by atoms with Crippen LogP contribution in [0.25, 0.3) is 0 Å². The van der Waals surface area contributed by atoms with Gasteiger partial charge in [0, 0.05) is 10.7 Å². The molecule has 1 heterocycles. The topological polar surface area (TPSA) is 97.6 Å². The Morgan fingerprint density at radius 2 is 1.74 bits per heavy atom. The number of amides is 2. The fraction of sp³-hybridized carbons (Fsp3) is 0.316. The molecule has 2 aromatic rings. The molecule has 0 unspecified atom stereocenters. The summed E-state index contributed by atoms with van der Waals surface area (Å²) in [5.74, 6) is -1.90. The summed E-state index contributed by atoms with van der Waals surface area (Å²) in [4.78, 5) is 36.8. The maximum atomic E-state index is 12.4. The zero-order valence-corrected chi connectivity index (χ0v) is 15.9. The van der Waals surface area contributed by atoms with Gasteiger partial charge in [0.1, 0.15) is 6.04 Å². The Bertz CT molecular complexity index is 787. The van der Waals surface area contributed by atoms with Crippen molar-refractivity contribution in [1.82, 2.24) is 5.32 Å². The van der Waals surface area contributed by atoms with Crippen molar-refractivity contribution >= 4 is 35.1 Å². The second kappa shape index (κ2) is 9.23. The van der Waals surface area contributed by atoms with Crippen LogP contribution in [0.1, 0.15) is 31.3 Å². The monoisotopic (exact) mass is 392 g/mol. The van der Waals surface area contributed by atoms with E-state index < -0.39 is 29.9 Å². The summed E-state index contributed by atoms with van der Waals surface area (Å²) in [6.45, 7) is 4.97. The van der Waals surface area contributed by atoms with E-state index >= 15 is 0 Å². The first-order valence-corrected chi connectivity index (χ1v) is 8.77. The molecule has 0 spiro atoms. The van der Waals surface area contributed by atoms with E-state index in [0.717, 1.165) is 0 Å². The molecule has 0 saturated heterocycles. The van der Waals surface area contributed by atoms with Crippen LogP contribution in [0.4, 0.5) is 5.69 Å². The van der Waals surface area contributed by atoms with Gasteiger partial charge in [-0.05, 0) is 49.2 Å². The number of rotatable bonds is 7. The predicted molar refractivity (Wildman–Crippen MR) is 100 cm³/mol. The van der Waals surface area contributed by atoms with Crippen LogP contribution in [-0.2, 0) is 14.3 Å². The van der Waals surface area contributed by atoms with Crippen molar-refractivity contribution in [2.45, 2.75) is 32.9 Å². The van der Waals surface area contributed by atoms with E-state index in [1.807, 2.05) is 0 Å². The van der Waals surface area contributed by atoms with E-state index in [2.05, 4.69) is 10.6 Å². The van der Waals surface area contributed by atoms with Crippen LogP contribution in [-0.4, -0.2) is 29.9 Å². The lowest BCUT2D eigenvalue weighted by molar-refractivity contribution is -0.156. The van der Waals surface area contributed by atoms with Gasteiger partial charge >= 0.3 is 5.97 Å². The number of hydrogen-bond acceptors (Lipinski definition) is 5. The second-order valence-electron chi connectivity index (χ2n) is 6.25. The average molecular weight is 393 g/mol.